The van der Waals surface area contributed by atoms with E-state index in [-0.39, 0.29) is 84.4 Å². The summed E-state index contributed by atoms with van der Waals surface area (Å²) in [6.45, 7) is 0.991. The van der Waals surface area contributed by atoms with E-state index in [2.05, 4.69) is 32.1 Å². The van der Waals surface area contributed by atoms with Crippen molar-refractivity contribution in [2.75, 3.05) is 41.5 Å². The van der Waals surface area contributed by atoms with E-state index in [9.17, 15) is 28.8 Å². The number of carbonyl (C=O) groups excluding carboxylic acids is 4. The minimum atomic E-state index is -0.343. The maximum atomic E-state index is 13.5. The number of methoxy groups -OCH3 is 4. The van der Waals surface area contributed by atoms with E-state index in [1.165, 1.54) is 9.80 Å². The number of hydrogen-bond acceptors (Lipinski definition) is 14. The van der Waals surface area contributed by atoms with Crippen LogP contribution in [0.5, 0.6) is 23.0 Å². The van der Waals surface area contributed by atoms with Gasteiger partial charge in [-0.05, 0) is 96.8 Å². The van der Waals surface area contributed by atoms with E-state index in [1.807, 2.05) is 36.4 Å². The molecule has 0 N–H and O–H groups in total. The SMILES string of the molecule is COc1ccc(CCn2c(CCN3C(=O)C4C5C=CC(C5)C4C3=O)nc3ncccc3c2=O)cc1OC.COc1cccc(CCn2c(CCN3C(=O)c4ccccc4C3=O)nc3ncccc3c2=O)c1OC. The molecule has 0 spiro atoms. The molecule has 73 heavy (non-hydrogen) atoms. The van der Waals surface area contributed by atoms with Gasteiger partial charge in [0.1, 0.15) is 11.6 Å². The van der Waals surface area contributed by atoms with Gasteiger partial charge in [0.25, 0.3) is 22.9 Å². The first-order chi connectivity index (χ1) is 35.5. The number of benzene rings is 3. The number of carbonyl (C=O) groups is 4. The number of allylic oxidation sites excluding steroid dienone is 2. The normalized spacial score (nSPS) is 18.4. The van der Waals surface area contributed by atoms with E-state index in [0.717, 1.165) is 17.5 Å². The summed E-state index contributed by atoms with van der Waals surface area (Å²) in [5.41, 5.74) is 2.90. The fourth-order valence-corrected chi connectivity index (χ4v) is 10.7. The number of nitrogens with zero attached hydrogens (tertiary/aromatic N) is 8. The van der Waals surface area contributed by atoms with Gasteiger partial charge < -0.3 is 18.9 Å². The van der Waals surface area contributed by atoms with Crippen molar-refractivity contribution in [1.29, 1.82) is 0 Å². The lowest BCUT2D eigenvalue weighted by Gasteiger charge is -2.19. The molecule has 2 aliphatic carbocycles. The summed E-state index contributed by atoms with van der Waals surface area (Å²) in [5, 5.41) is 0.837. The van der Waals surface area contributed by atoms with Crippen molar-refractivity contribution in [3.05, 3.63) is 164 Å². The standard InChI is InChI=1S/C28H28N4O5.C27H24N4O5/c1-36-20-8-5-16(14-21(20)37-2)9-12-31-22(30-25-19(26(31)33)4-3-11-29-25)10-13-32-27(34)23-17-6-7-18(15-17)24(23)28(32)35;1-35-21-11-5-7-17(23(21)36-2)12-15-30-22(29-24-20(27(30)34)10-6-14-28-24)13-16-31-25(32)18-8-3-4-9-19(18)26(31)33/h3-8,11,14,17-18,23-24H,9-10,12-13,15H2,1-2H3;3-11,14H,12-13,15-16H2,1-2H3. The topological polar surface area (TPSA) is 207 Å². The fourth-order valence-electron chi connectivity index (χ4n) is 10.7. The molecule has 18 nitrogen and oxygen atoms in total. The van der Waals surface area contributed by atoms with Crippen LogP contribution in [0.1, 0.15) is 49.9 Å². The number of hydrogen-bond donors (Lipinski definition) is 0. The monoisotopic (exact) mass is 984 g/mol. The van der Waals surface area contributed by atoms with Gasteiger partial charge in [0.2, 0.25) is 11.8 Å². The maximum Gasteiger partial charge on any atom is 0.263 e. The van der Waals surface area contributed by atoms with Gasteiger partial charge in [-0.3, -0.25) is 47.7 Å². The Kier molecular flexibility index (Phi) is 13.4. The lowest BCUT2D eigenvalue weighted by Crippen LogP contribution is -2.36. The molecule has 18 heteroatoms. The average Bonchev–Trinajstić information content (AvgIpc) is 4.17. The Bertz CT molecular complexity index is 3430. The van der Waals surface area contributed by atoms with E-state index in [1.54, 1.807) is 98.5 Å². The number of pyridine rings is 2. The minimum Gasteiger partial charge on any atom is -0.493 e. The number of aryl methyl sites for hydroxylation is 2. The van der Waals surface area contributed by atoms with E-state index in [0.29, 0.717) is 93.8 Å². The summed E-state index contributed by atoms with van der Waals surface area (Å²) in [6.07, 6.45) is 9.78. The molecule has 4 unspecified atom stereocenters. The predicted molar refractivity (Wildman–Crippen MR) is 268 cm³/mol. The van der Waals surface area contributed by atoms with Crippen LogP contribution in [0.3, 0.4) is 0 Å². The molecule has 372 valence electrons. The second-order valence-corrected chi connectivity index (χ2v) is 18.2. The molecule has 4 aromatic heterocycles. The van der Waals surface area contributed by atoms with E-state index in [4.69, 9.17) is 18.9 Å². The molecular weight excluding hydrogens is 933 g/mol. The molecule has 1 saturated heterocycles. The lowest BCUT2D eigenvalue weighted by atomic mass is 9.85. The molecule has 4 atom stereocenters. The van der Waals surface area contributed by atoms with Crippen LogP contribution in [0.4, 0.5) is 0 Å². The number of aromatic nitrogens is 6. The Morgan fingerprint density at radius 2 is 1.07 bits per heavy atom. The van der Waals surface area contributed by atoms with Gasteiger partial charge in [0, 0.05) is 51.4 Å². The van der Waals surface area contributed by atoms with Gasteiger partial charge >= 0.3 is 0 Å². The van der Waals surface area contributed by atoms with Crippen LogP contribution < -0.4 is 30.1 Å². The second kappa shape index (κ2) is 20.3. The Hall–Kier alpha value is -8.54. The number of para-hydroxylation sites is 1. The van der Waals surface area contributed by atoms with Crippen LogP contribution in [0.25, 0.3) is 22.1 Å². The van der Waals surface area contributed by atoms with Crippen molar-refractivity contribution in [2.24, 2.45) is 23.7 Å². The third-order valence-electron chi connectivity index (χ3n) is 14.3. The van der Waals surface area contributed by atoms with Crippen molar-refractivity contribution in [3.63, 3.8) is 0 Å². The lowest BCUT2D eigenvalue weighted by molar-refractivity contribution is -0.140. The van der Waals surface area contributed by atoms with Crippen molar-refractivity contribution in [2.45, 2.75) is 45.2 Å². The van der Waals surface area contributed by atoms with Gasteiger partial charge in [-0.2, -0.15) is 0 Å². The summed E-state index contributed by atoms with van der Waals surface area (Å²) in [6, 6.07) is 24.8. The van der Waals surface area contributed by atoms with Crippen molar-refractivity contribution in [3.8, 4) is 23.0 Å². The van der Waals surface area contributed by atoms with Gasteiger partial charge in [-0.25, -0.2) is 19.9 Å². The highest BCUT2D eigenvalue weighted by atomic mass is 16.5. The zero-order valence-electron chi connectivity index (χ0n) is 40.7. The summed E-state index contributed by atoms with van der Waals surface area (Å²) < 4.78 is 24.9. The number of imide groups is 2. The van der Waals surface area contributed by atoms with Crippen LogP contribution >= 0.6 is 0 Å². The highest BCUT2D eigenvalue weighted by molar-refractivity contribution is 6.21. The molecule has 4 amide bonds. The summed E-state index contributed by atoms with van der Waals surface area (Å²) in [5.74, 6) is 2.42. The number of amides is 4. The zero-order valence-corrected chi connectivity index (χ0v) is 40.7. The fraction of sp³-hybridized carbons (Fsp3) is 0.309. The molecule has 2 bridgehead atoms. The summed E-state index contributed by atoms with van der Waals surface area (Å²) in [7, 11) is 6.32. The first kappa shape index (κ1) is 48.1. The molecule has 2 fully saturated rings. The number of likely N-dealkylation sites (tertiary alicyclic amines) is 1. The quantitative estimate of drug-likeness (QED) is 0.0891. The summed E-state index contributed by atoms with van der Waals surface area (Å²) in [4.78, 5) is 99.2. The highest BCUT2D eigenvalue weighted by Gasteiger charge is 2.59. The highest BCUT2D eigenvalue weighted by Crippen LogP contribution is 2.52. The Balaban J connectivity index is 0.000000168. The zero-order chi connectivity index (χ0) is 50.9. The first-order valence-corrected chi connectivity index (χ1v) is 24.1. The van der Waals surface area contributed by atoms with Gasteiger partial charge in [0.05, 0.1) is 62.2 Å². The van der Waals surface area contributed by atoms with E-state index < -0.39 is 0 Å². The number of rotatable bonds is 16. The third kappa shape index (κ3) is 8.86. The Morgan fingerprint density at radius 3 is 1.62 bits per heavy atom. The smallest absolute Gasteiger partial charge is 0.263 e. The average molecular weight is 985 g/mol. The summed E-state index contributed by atoms with van der Waals surface area (Å²) >= 11 is 0. The molecular formula is C55H52N8O10. The van der Waals surface area contributed by atoms with Crippen LogP contribution in [-0.2, 0) is 48.4 Å². The number of ether oxygens (including phenoxy) is 4. The molecule has 6 heterocycles. The predicted octanol–water partition coefficient (Wildman–Crippen LogP) is 5.29. The molecule has 1 saturated carbocycles. The van der Waals surface area contributed by atoms with Crippen LogP contribution in [0, 0.1) is 23.7 Å². The van der Waals surface area contributed by atoms with Crippen LogP contribution in [-0.4, -0.2) is 104 Å². The van der Waals surface area contributed by atoms with Crippen molar-refractivity contribution >= 4 is 45.7 Å². The van der Waals surface area contributed by atoms with E-state index >= 15 is 0 Å². The minimum absolute atomic E-state index is 0.0926. The van der Waals surface area contributed by atoms with Gasteiger partial charge in [-0.1, -0.05) is 42.5 Å². The van der Waals surface area contributed by atoms with Gasteiger partial charge in [0.15, 0.2) is 34.3 Å². The van der Waals surface area contributed by atoms with Crippen molar-refractivity contribution < 1.29 is 38.1 Å². The molecule has 7 aromatic rings. The first-order valence-electron chi connectivity index (χ1n) is 24.1. The third-order valence-corrected chi connectivity index (χ3v) is 14.3. The molecule has 11 rings (SSSR count). The second-order valence-electron chi connectivity index (χ2n) is 18.2. The van der Waals surface area contributed by atoms with Crippen LogP contribution in [0.15, 0.2) is 119 Å². The Labute approximate surface area is 418 Å². The maximum absolute atomic E-state index is 13.5. The molecule has 0 radical (unpaired) electrons. The van der Waals surface area contributed by atoms with Gasteiger partial charge in [-0.15, -0.1) is 0 Å². The van der Waals surface area contributed by atoms with Crippen molar-refractivity contribution in [1.82, 2.24) is 38.9 Å². The largest absolute Gasteiger partial charge is 0.493 e. The molecule has 3 aromatic carbocycles. The Morgan fingerprint density at radius 1 is 0.521 bits per heavy atom. The number of fused-ring (bicyclic) bond motifs is 8. The van der Waals surface area contributed by atoms with Crippen LogP contribution in [0.2, 0.25) is 0 Å². The molecule has 4 aliphatic rings. The molecule has 2 aliphatic heterocycles.